The molecule has 1 heterocycles. The van der Waals surface area contributed by atoms with Crippen LogP contribution in [0.5, 0.6) is 11.5 Å². The van der Waals surface area contributed by atoms with Gasteiger partial charge in [0, 0.05) is 17.9 Å². The zero-order valence-corrected chi connectivity index (χ0v) is 20.4. The molecule has 1 aliphatic heterocycles. The number of carbonyl (C=O) groups excluding carboxylic acids is 1. The lowest BCUT2D eigenvalue weighted by Gasteiger charge is -2.14. The van der Waals surface area contributed by atoms with E-state index in [0.29, 0.717) is 40.6 Å². The number of benzene rings is 3. The molecule has 1 aliphatic rings. The molecule has 4 rings (SSSR count). The Morgan fingerprint density at radius 2 is 1.86 bits per heavy atom. The number of anilines is 2. The van der Waals surface area contributed by atoms with E-state index in [1.54, 1.807) is 67.6 Å². The van der Waals surface area contributed by atoms with Crippen molar-refractivity contribution in [3.63, 3.8) is 0 Å². The van der Waals surface area contributed by atoms with Crippen LogP contribution >= 0.6 is 0 Å². The van der Waals surface area contributed by atoms with E-state index in [2.05, 4.69) is 10.0 Å². The molecular formula is C26H28N2O6S. The summed E-state index contributed by atoms with van der Waals surface area (Å²) in [6, 6.07) is 18.3. The fourth-order valence-electron chi connectivity index (χ4n) is 3.77. The summed E-state index contributed by atoms with van der Waals surface area (Å²) in [5.41, 5.74) is 1.65. The first kappa shape index (κ1) is 24.6. The number of aryl methyl sites for hydroxylation is 1. The molecule has 8 nitrogen and oxygen atoms in total. The fourth-order valence-corrected chi connectivity index (χ4v) is 5.11. The molecule has 1 amide bonds. The van der Waals surface area contributed by atoms with E-state index in [9.17, 15) is 13.2 Å². The van der Waals surface area contributed by atoms with Gasteiger partial charge < -0.3 is 19.5 Å². The molecule has 3 aromatic carbocycles. The summed E-state index contributed by atoms with van der Waals surface area (Å²) in [5, 5.41) is 2.76. The van der Waals surface area contributed by atoms with Crippen molar-refractivity contribution in [2.45, 2.75) is 30.8 Å². The van der Waals surface area contributed by atoms with E-state index in [1.165, 1.54) is 13.2 Å². The van der Waals surface area contributed by atoms with E-state index < -0.39 is 10.0 Å². The SMILES string of the molecule is COc1ccccc1NS(=O)(=O)c1cc(NC(=O)c2ccc(OC[C@@H]3CCCO3)cc2)ccc1C. The molecule has 0 bridgehead atoms. The van der Waals surface area contributed by atoms with Gasteiger partial charge in [0.05, 0.1) is 23.8 Å². The second kappa shape index (κ2) is 10.8. The van der Waals surface area contributed by atoms with E-state index in [1.807, 2.05) is 0 Å². The Bertz CT molecular complexity index is 1290. The summed E-state index contributed by atoms with van der Waals surface area (Å²) in [5.74, 6) is 0.699. The molecule has 0 spiro atoms. The number of ether oxygens (including phenoxy) is 3. The minimum absolute atomic E-state index is 0.0547. The van der Waals surface area contributed by atoms with E-state index in [-0.39, 0.29) is 16.9 Å². The van der Waals surface area contributed by atoms with Crippen LogP contribution in [-0.2, 0) is 14.8 Å². The molecule has 0 aromatic heterocycles. The largest absolute Gasteiger partial charge is 0.495 e. The Labute approximate surface area is 205 Å². The molecule has 35 heavy (non-hydrogen) atoms. The summed E-state index contributed by atoms with van der Waals surface area (Å²) in [7, 11) is -2.46. The third-order valence-electron chi connectivity index (χ3n) is 5.66. The second-order valence-electron chi connectivity index (χ2n) is 8.21. The number of sulfonamides is 1. The number of hydrogen-bond donors (Lipinski definition) is 2. The molecule has 0 aliphatic carbocycles. The number of carbonyl (C=O) groups is 1. The molecule has 0 unspecified atom stereocenters. The number of para-hydroxylation sites is 2. The zero-order valence-electron chi connectivity index (χ0n) is 19.6. The van der Waals surface area contributed by atoms with Crippen molar-refractivity contribution in [2.24, 2.45) is 0 Å². The van der Waals surface area contributed by atoms with Crippen molar-refractivity contribution < 1.29 is 27.4 Å². The van der Waals surface area contributed by atoms with Crippen molar-refractivity contribution in [2.75, 3.05) is 30.4 Å². The number of hydrogen-bond acceptors (Lipinski definition) is 6. The summed E-state index contributed by atoms with van der Waals surface area (Å²) in [4.78, 5) is 12.8. The maximum Gasteiger partial charge on any atom is 0.262 e. The Morgan fingerprint density at radius 3 is 2.57 bits per heavy atom. The maximum atomic E-state index is 13.1. The molecule has 1 atom stereocenters. The van der Waals surface area contributed by atoms with Gasteiger partial charge in [0.25, 0.3) is 15.9 Å². The second-order valence-corrected chi connectivity index (χ2v) is 9.86. The van der Waals surface area contributed by atoms with Crippen LogP contribution in [0.1, 0.15) is 28.8 Å². The Kier molecular flexibility index (Phi) is 7.57. The summed E-state index contributed by atoms with van der Waals surface area (Å²) >= 11 is 0. The molecular weight excluding hydrogens is 468 g/mol. The van der Waals surface area contributed by atoms with E-state index in [4.69, 9.17) is 14.2 Å². The normalized spacial score (nSPS) is 15.4. The summed E-state index contributed by atoms with van der Waals surface area (Å²) in [6.07, 6.45) is 2.15. The third-order valence-corrected chi connectivity index (χ3v) is 7.17. The molecule has 1 fully saturated rings. The monoisotopic (exact) mass is 496 g/mol. The topological polar surface area (TPSA) is 103 Å². The fraction of sp³-hybridized carbons (Fsp3) is 0.269. The highest BCUT2D eigenvalue weighted by atomic mass is 32.2. The molecule has 2 N–H and O–H groups in total. The van der Waals surface area contributed by atoms with Gasteiger partial charge >= 0.3 is 0 Å². The number of nitrogens with one attached hydrogen (secondary N) is 2. The summed E-state index contributed by atoms with van der Waals surface area (Å²) < 4.78 is 45.3. The lowest BCUT2D eigenvalue weighted by Crippen LogP contribution is -2.17. The van der Waals surface area contributed by atoms with E-state index in [0.717, 1.165) is 19.4 Å². The highest BCUT2D eigenvalue weighted by molar-refractivity contribution is 7.92. The predicted octanol–water partition coefficient (Wildman–Crippen LogP) is 4.61. The Hall–Kier alpha value is -3.56. The molecule has 3 aromatic rings. The van der Waals surface area contributed by atoms with Crippen molar-refractivity contribution in [3.8, 4) is 11.5 Å². The predicted molar refractivity (Wildman–Crippen MR) is 134 cm³/mol. The first-order chi connectivity index (χ1) is 16.9. The van der Waals surface area contributed by atoms with E-state index >= 15 is 0 Å². The zero-order chi connectivity index (χ0) is 24.8. The van der Waals surface area contributed by atoms with Gasteiger partial charge in [0.15, 0.2) is 0 Å². The van der Waals surface area contributed by atoms with Crippen molar-refractivity contribution in [1.82, 2.24) is 0 Å². The molecule has 0 saturated carbocycles. The highest BCUT2D eigenvalue weighted by Gasteiger charge is 2.20. The van der Waals surface area contributed by atoms with Gasteiger partial charge in [-0.3, -0.25) is 9.52 Å². The van der Waals surface area contributed by atoms with Gasteiger partial charge in [0.1, 0.15) is 18.1 Å². The van der Waals surface area contributed by atoms with Crippen LogP contribution in [0, 0.1) is 6.92 Å². The lowest BCUT2D eigenvalue weighted by atomic mass is 10.2. The number of methoxy groups -OCH3 is 1. The minimum atomic E-state index is -3.93. The van der Waals surface area contributed by atoms with Crippen LogP contribution in [0.2, 0.25) is 0 Å². The summed E-state index contributed by atoms with van der Waals surface area (Å²) in [6.45, 7) is 2.94. The van der Waals surface area contributed by atoms with Crippen molar-refractivity contribution >= 4 is 27.3 Å². The van der Waals surface area contributed by atoms with Crippen LogP contribution in [0.3, 0.4) is 0 Å². The smallest absolute Gasteiger partial charge is 0.262 e. The average Bonchev–Trinajstić information content (AvgIpc) is 3.38. The first-order valence-electron chi connectivity index (χ1n) is 11.3. The maximum absolute atomic E-state index is 13.1. The first-order valence-corrected chi connectivity index (χ1v) is 12.8. The Morgan fingerprint density at radius 1 is 1.09 bits per heavy atom. The van der Waals surface area contributed by atoms with Gasteiger partial charge in [-0.2, -0.15) is 0 Å². The van der Waals surface area contributed by atoms with Crippen LogP contribution < -0.4 is 19.5 Å². The lowest BCUT2D eigenvalue weighted by molar-refractivity contribution is 0.0679. The van der Waals surface area contributed by atoms with Crippen LogP contribution in [0.4, 0.5) is 11.4 Å². The van der Waals surface area contributed by atoms with Crippen LogP contribution in [0.15, 0.2) is 71.6 Å². The molecule has 1 saturated heterocycles. The van der Waals surface area contributed by atoms with Crippen molar-refractivity contribution in [3.05, 3.63) is 77.9 Å². The molecule has 9 heteroatoms. The number of rotatable bonds is 9. The standard InChI is InChI=1S/C26H28N2O6S/c1-18-9-12-20(16-25(18)35(30,31)28-23-7-3-4-8-24(23)32-2)27-26(29)19-10-13-21(14-11-19)34-17-22-6-5-15-33-22/h3-4,7-14,16,22,28H,5-6,15,17H2,1-2H3,(H,27,29)/t22-/m0/s1. The van der Waals surface area contributed by atoms with Gasteiger partial charge in [-0.05, 0) is 73.9 Å². The molecule has 0 radical (unpaired) electrons. The van der Waals surface area contributed by atoms with Gasteiger partial charge in [-0.15, -0.1) is 0 Å². The Balaban J connectivity index is 1.44. The van der Waals surface area contributed by atoms with Gasteiger partial charge in [-0.1, -0.05) is 18.2 Å². The molecule has 184 valence electrons. The van der Waals surface area contributed by atoms with Crippen molar-refractivity contribution in [1.29, 1.82) is 0 Å². The van der Waals surface area contributed by atoms with Gasteiger partial charge in [-0.25, -0.2) is 8.42 Å². The highest BCUT2D eigenvalue weighted by Crippen LogP contribution is 2.28. The number of amides is 1. The quantitative estimate of drug-likeness (QED) is 0.448. The van der Waals surface area contributed by atoms with Gasteiger partial charge in [0.2, 0.25) is 0 Å². The average molecular weight is 497 g/mol. The van der Waals surface area contributed by atoms with Crippen LogP contribution in [0.25, 0.3) is 0 Å². The third kappa shape index (κ3) is 6.12. The van der Waals surface area contributed by atoms with Crippen LogP contribution in [-0.4, -0.2) is 40.8 Å². The minimum Gasteiger partial charge on any atom is -0.495 e.